The molecule has 234 valence electrons. The summed E-state index contributed by atoms with van der Waals surface area (Å²) in [6, 6.07) is 8.19. The molecule has 8 bridgehead atoms. The van der Waals surface area contributed by atoms with Crippen molar-refractivity contribution in [2.75, 3.05) is 0 Å². The zero-order chi connectivity index (χ0) is 32.3. The van der Waals surface area contributed by atoms with Gasteiger partial charge in [-0.25, -0.2) is 9.97 Å². The van der Waals surface area contributed by atoms with Gasteiger partial charge in [-0.3, -0.25) is 9.59 Å². The van der Waals surface area contributed by atoms with Crippen LogP contribution in [0.5, 0.6) is 0 Å². The number of hydrogen-bond donors (Lipinski definition) is 4. The molecule has 0 aliphatic carbocycles. The molecule has 3 aromatic rings. The molecule has 0 unspecified atom stereocenters. The van der Waals surface area contributed by atoms with Gasteiger partial charge in [-0.15, -0.1) is 0 Å². The van der Waals surface area contributed by atoms with Gasteiger partial charge in [-0.1, -0.05) is 13.8 Å². The molecule has 0 atom stereocenters. The number of H-pyrrole nitrogens is 2. The normalized spacial score (nSPS) is 12.8. The Labute approximate surface area is 271 Å². The number of halogens is 1. The number of nitrogens with one attached hydrogen (secondary N) is 2. The molecule has 0 saturated heterocycles. The van der Waals surface area contributed by atoms with Crippen molar-refractivity contribution >= 4 is 66.0 Å². The Morgan fingerprint density at radius 3 is 1.64 bits per heavy atom. The van der Waals surface area contributed by atoms with E-state index in [-0.39, 0.29) is 12.8 Å². The fourth-order valence-electron chi connectivity index (χ4n) is 6.22. The van der Waals surface area contributed by atoms with Crippen molar-refractivity contribution in [1.29, 1.82) is 0 Å². The molecule has 0 radical (unpaired) electrons. The first-order chi connectivity index (χ1) is 21.0. The predicted octanol–water partition coefficient (Wildman–Crippen LogP) is 8.33. The maximum absolute atomic E-state index is 11.5. The van der Waals surface area contributed by atoms with Gasteiger partial charge in [0.15, 0.2) is 0 Å². The van der Waals surface area contributed by atoms with Crippen LogP contribution in [0.15, 0.2) is 24.3 Å². The fraction of sp³-hybridized carbons (Fsp3) is 0.353. The third-order valence-electron chi connectivity index (χ3n) is 8.69. The molecule has 0 spiro atoms. The monoisotopic (exact) mass is 704 g/mol. The van der Waals surface area contributed by atoms with Gasteiger partial charge in [-0.05, 0) is 122 Å². The van der Waals surface area contributed by atoms with E-state index in [1.54, 1.807) is 0 Å². The molecule has 0 aromatic carbocycles. The Morgan fingerprint density at radius 1 is 0.659 bits per heavy atom. The number of aryl methyl sites for hydroxylation is 4. The second kappa shape index (κ2) is 14.0. The second-order valence-corrected chi connectivity index (χ2v) is 11.2. The summed E-state index contributed by atoms with van der Waals surface area (Å²) in [5.74, 6) is -1.72. The van der Waals surface area contributed by atoms with E-state index >= 15 is 0 Å². The SMILES string of the molecule is CCC1=C(C)c2cc3[nH]c(cc4nc(cc5[nH]c(cc1n2)c(C)c5CCC(=O)O)C(CCC(=O)O)=C4C)c(C)c3CC.[Cl][Rh]. The maximum atomic E-state index is 11.5. The van der Waals surface area contributed by atoms with E-state index in [1.807, 2.05) is 43.3 Å². The van der Waals surface area contributed by atoms with Crippen LogP contribution in [-0.2, 0) is 39.7 Å². The average molecular weight is 705 g/mol. The third kappa shape index (κ3) is 6.59. The van der Waals surface area contributed by atoms with E-state index in [0.29, 0.717) is 18.5 Å². The number of rotatable bonds is 8. The van der Waals surface area contributed by atoms with Crippen LogP contribution in [0.3, 0.4) is 0 Å². The van der Waals surface area contributed by atoms with Gasteiger partial charge in [0.1, 0.15) is 0 Å². The number of allylic oxidation sites excluding steroid dienone is 4. The molecule has 3 aromatic heterocycles. The van der Waals surface area contributed by atoms with Crippen LogP contribution in [0, 0.1) is 13.8 Å². The van der Waals surface area contributed by atoms with E-state index in [0.717, 1.165) is 85.4 Å². The molecule has 44 heavy (non-hydrogen) atoms. The summed E-state index contributed by atoms with van der Waals surface area (Å²) in [5.41, 5.74) is 15.4. The van der Waals surface area contributed by atoms with Crippen molar-refractivity contribution in [3.05, 3.63) is 69.3 Å². The minimum absolute atomic E-state index is 0.00162. The number of aliphatic carboxylic acids is 2. The van der Waals surface area contributed by atoms with E-state index in [4.69, 9.17) is 9.97 Å². The zero-order valence-electron chi connectivity index (χ0n) is 25.9. The standard InChI is InChI=1S/C34H38N4O4.ClH.Rh/c1-7-21-17(3)25-13-26-19(5)23(9-11-33(39)40)31(37-26)16-32-24(10-12-34(41)42)20(6)28(38-32)15-30-22(8-2)18(4)27(36-30)14-29(21)35-25;;/h13-16,35,38H,7-12H2,1-6H3,(H,39,40)(H,41,42);1H;/q;;+1/p-1. The number of carboxylic acids is 2. The molecule has 0 fully saturated rings. The average Bonchev–Trinajstić information content (AvgIpc) is 3.64. The molecular weight excluding hydrogens is 667 g/mol. The number of carbonyl (C=O) groups is 2. The van der Waals surface area contributed by atoms with Gasteiger partial charge < -0.3 is 20.2 Å². The number of aromatic amines is 2. The predicted molar refractivity (Wildman–Crippen MR) is 174 cm³/mol. The molecule has 10 heteroatoms. The van der Waals surface area contributed by atoms with Crippen LogP contribution >= 0.6 is 9.69 Å². The summed E-state index contributed by atoms with van der Waals surface area (Å²) in [6.45, 7) is 12.5. The summed E-state index contributed by atoms with van der Waals surface area (Å²) < 4.78 is 0. The Bertz CT molecular complexity index is 1870. The first-order valence-corrected chi connectivity index (χ1v) is 16.8. The van der Waals surface area contributed by atoms with Crippen molar-refractivity contribution in [2.45, 2.75) is 80.1 Å². The Morgan fingerprint density at radius 2 is 1.09 bits per heavy atom. The van der Waals surface area contributed by atoms with Crippen molar-refractivity contribution in [3.8, 4) is 0 Å². The van der Waals surface area contributed by atoms with Crippen molar-refractivity contribution in [3.63, 3.8) is 0 Å². The first-order valence-electron chi connectivity index (χ1n) is 14.7. The zero-order valence-corrected chi connectivity index (χ0v) is 28.3. The summed E-state index contributed by atoms with van der Waals surface area (Å²) in [7, 11) is 4.53. The van der Waals surface area contributed by atoms with E-state index < -0.39 is 11.9 Å². The molecule has 2 aliphatic rings. The van der Waals surface area contributed by atoms with Gasteiger partial charge in [0.2, 0.25) is 0 Å². The molecule has 4 N–H and O–H groups in total. The number of fused-ring (bicyclic) bond motifs is 8. The minimum atomic E-state index is -0.864. The Hall–Kier alpha value is -3.55. The summed E-state index contributed by atoms with van der Waals surface area (Å²) >= 11 is 2.02. The van der Waals surface area contributed by atoms with Crippen LogP contribution in [-0.4, -0.2) is 42.1 Å². The molecule has 5 heterocycles. The topological polar surface area (TPSA) is 132 Å². The van der Waals surface area contributed by atoms with E-state index in [9.17, 15) is 19.8 Å². The molecule has 2 aliphatic heterocycles. The molecule has 0 amide bonds. The van der Waals surface area contributed by atoms with Gasteiger partial charge in [0.05, 0.1) is 22.8 Å². The first kappa shape index (κ1) is 33.3. The van der Waals surface area contributed by atoms with Crippen LogP contribution < -0.4 is 0 Å². The van der Waals surface area contributed by atoms with Gasteiger partial charge in [0, 0.05) is 34.9 Å². The fourth-order valence-corrected chi connectivity index (χ4v) is 6.22. The molecule has 5 rings (SSSR count). The van der Waals surface area contributed by atoms with Crippen LogP contribution in [0.2, 0.25) is 0 Å². The van der Waals surface area contributed by atoms with Crippen molar-refractivity contribution in [2.24, 2.45) is 0 Å². The van der Waals surface area contributed by atoms with Gasteiger partial charge >= 0.3 is 38.9 Å². The second-order valence-electron chi connectivity index (χ2n) is 11.2. The molecule has 8 nitrogen and oxygen atoms in total. The van der Waals surface area contributed by atoms with Gasteiger partial charge in [-0.2, -0.15) is 0 Å². The van der Waals surface area contributed by atoms with Crippen molar-refractivity contribution < 1.29 is 37.1 Å². The quantitative estimate of drug-likeness (QED) is 0.174. The molecule has 0 saturated carbocycles. The Balaban J connectivity index is 0.00000216. The van der Waals surface area contributed by atoms with Crippen molar-refractivity contribution in [1.82, 2.24) is 19.9 Å². The third-order valence-corrected chi connectivity index (χ3v) is 8.69. The summed E-state index contributed by atoms with van der Waals surface area (Å²) in [4.78, 5) is 40.3. The van der Waals surface area contributed by atoms with E-state index in [2.05, 4.69) is 59.5 Å². The van der Waals surface area contributed by atoms with E-state index in [1.165, 1.54) is 11.1 Å². The summed E-state index contributed by atoms with van der Waals surface area (Å²) in [5, 5.41) is 18.9. The number of aromatic nitrogens is 4. The number of hydrogen-bond acceptors (Lipinski definition) is 4. The van der Waals surface area contributed by atoms with Crippen LogP contribution in [0.1, 0.15) is 98.4 Å². The number of carboxylic acid groups (broad SMARTS) is 2. The van der Waals surface area contributed by atoms with Crippen LogP contribution in [0.25, 0.3) is 44.4 Å². The summed E-state index contributed by atoms with van der Waals surface area (Å²) in [6.07, 6.45) is 2.39. The van der Waals surface area contributed by atoms with Gasteiger partial charge in [0.25, 0.3) is 0 Å². The number of nitrogens with zero attached hydrogens (tertiary/aromatic N) is 2. The van der Waals surface area contributed by atoms with Crippen LogP contribution in [0.4, 0.5) is 0 Å². The molecular formula is C34H38ClN4O4Rh. The Kier molecular flexibility index (Phi) is 10.6.